The van der Waals surface area contributed by atoms with Crippen LogP contribution in [0.2, 0.25) is 0 Å². The number of nitrogens with one attached hydrogen (secondary N) is 2. The molecule has 110 valence electrons. The molecule has 0 aliphatic rings. The maximum atomic E-state index is 11.1. The first-order valence-corrected chi connectivity index (χ1v) is 6.11. The number of aromatic carboxylic acids is 1. The number of aromatic nitrogens is 1. The molecule has 0 fully saturated rings. The van der Waals surface area contributed by atoms with Crippen molar-refractivity contribution in [2.24, 2.45) is 10.3 Å². The zero-order chi connectivity index (χ0) is 15.9. The summed E-state index contributed by atoms with van der Waals surface area (Å²) in [7, 11) is 0. The second-order valence-electron chi connectivity index (χ2n) is 4.27. The van der Waals surface area contributed by atoms with Gasteiger partial charge in [-0.3, -0.25) is 10.4 Å². The van der Waals surface area contributed by atoms with Crippen molar-refractivity contribution in [3.05, 3.63) is 58.1 Å². The number of rotatable bonds is 6. The van der Waals surface area contributed by atoms with Crippen LogP contribution in [0.5, 0.6) is 0 Å². The predicted octanol–water partition coefficient (Wildman–Crippen LogP) is 3.61. The lowest BCUT2D eigenvalue weighted by Crippen LogP contribution is -1.99. The standard InChI is InChI=1S/C13H11N7O2/c14-19-17-7-8-1-2-12(16-6-8)9-3-10(13(21)22)5-11(4-9)18-20-15/h1-6H,7H2,(H2,15,18)(H,21,22). The molecule has 0 amide bonds. The van der Waals surface area contributed by atoms with E-state index in [-0.39, 0.29) is 12.1 Å². The number of hydrogen-bond donors (Lipinski definition) is 3. The maximum Gasteiger partial charge on any atom is 0.335 e. The van der Waals surface area contributed by atoms with Gasteiger partial charge in [0, 0.05) is 16.7 Å². The molecule has 9 nitrogen and oxygen atoms in total. The summed E-state index contributed by atoms with van der Waals surface area (Å²) in [6.07, 6.45) is 1.55. The van der Waals surface area contributed by atoms with Gasteiger partial charge < -0.3 is 5.11 Å². The number of hydrogen-bond acceptors (Lipinski definition) is 5. The van der Waals surface area contributed by atoms with Gasteiger partial charge in [0.1, 0.15) is 0 Å². The minimum absolute atomic E-state index is 0.0589. The summed E-state index contributed by atoms with van der Waals surface area (Å²) < 4.78 is 0. The normalized spacial score (nSPS) is 9.64. The third kappa shape index (κ3) is 3.56. The molecule has 22 heavy (non-hydrogen) atoms. The lowest BCUT2D eigenvalue weighted by Gasteiger charge is -2.07. The van der Waals surface area contributed by atoms with Gasteiger partial charge in [-0.25, -0.2) is 4.79 Å². The number of carboxylic acids is 1. The average molecular weight is 297 g/mol. The molecular weight excluding hydrogens is 286 g/mol. The first-order valence-electron chi connectivity index (χ1n) is 6.11. The number of anilines is 1. The van der Waals surface area contributed by atoms with Crippen LogP contribution in [0, 0.1) is 5.53 Å². The predicted molar refractivity (Wildman–Crippen MR) is 78.3 cm³/mol. The molecule has 1 aromatic heterocycles. The third-order valence-corrected chi connectivity index (χ3v) is 2.80. The van der Waals surface area contributed by atoms with E-state index in [1.54, 1.807) is 24.4 Å². The molecule has 3 N–H and O–H groups in total. The minimum atomic E-state index is -1.09. The van der Waals surface area contributed by atoms with Crippen molar-refractivity contribution in [3.63, 3.8) is 0 Å². The molecule has 2 rings (SSSR count). The highest BCUT2D eigenvalue weighted by Gasteiger charge is 2.09. The van der Waals surface area contributed by atoms with E-state index < -0.39 is 5.97 Å². The number of carboxylic acid groups (broad SMARTS) is 1. The molecule has 0 bridgehead atoms. The Bertz CT molecular complexity index is 751. The average Bonchev–Trinajstić information content (AvgIpc) is 2.53. The van der Waals surface area contributed by atoms with Gasteiger partial charge in [-0.15, -0.1) is 0 Å². The second-order valence-corrected chi connectivity index (χ2v) is 4.27. The van der Waals surface area contributed by atoms with Gasteiger partial charge in [0.05, 0.1) is 23.5 Å². The lowest BCUT2D eigenvalue weighted by molar-refractivity contribution is 0.0697. The maximum absolute atomic E-state index is 11.1. The van der Waals surface area contributed by atoms with Crippen molar-refractivity contribution in [1.29, 1.82) is 5.53 Å². The summed E-state index contributed by atoms with van der Waals surface area (Å²) in [5, 5.41) is 15.6. The monoisotopic (exact) mass is 297 g/mol. The molecule has 0 spiro atoms. The van der Waals surface area contributed by atoms with Crippen molar-refractivity contribution in [3.8, 4) is 11.3 Å². The van der Waals surface area contributed by atoms with Gasteiger partial charge in [-0.2, -0.15) is 5.53 Å². The van der Waals surface area contributed by atoms with Crippen LogP contribution in [-0.4, -0.2) is 16.1 Å². The van der Waals surface area contributed by atoms with Crippen molar-refractivity contribution in [2.45, 2.75) is 6.54 Å². The number of carbonyl (C=O) groups is 1. The summed E-state index contributed by atoms with van der Waals surface area (Å²) in [6.45, 7) is 0.198. The quantitative estimate of drug-likeness (QED) is 0.323. The Kier molecular flexibility index (Phi) is 4.63. The smallest absolute Gasteiger partial charge is 0.335 e. The summed E-state index contributed by atoms with van der Waals surface area (Å²) in [5.74, 6) is -1.09. The summed E-state index contributed by atoms with van der Waals surface area (Å²) in [4.78, 5) is 18.0. The molecule has 1 aromatic carbocycles. The van der Waals surface area contributed by atoms with Crippen molar-refractivity contribution in [1.82, 2.24) is 4.98 Å². The molecule has 0 unspecified atom stereocenters. The van der Waals surface area contributed by atoms with Crippen LogP contribution in [0.3, 0.4) is 0 Å². The van der Waals surface area contributed by atoms with Gasteiger partial charge in [-0.1, -0.05) is 16.4 Å². The number of azide groups is 1. The van der Waals surface area contributed by atoms with Crippen LogP contribution < -0.4 is 5.43 Å². The van der Waals surface area contributed by atoms with Crippen LogP contribution in [0.25, 0.3) is 21.7 Å². The van der Waals surface area contributed by atoms with Gasteiger partial charge >= 0.3 is 5.97 Å². The SMILES string of the molecule is [N-]=[N+]=NCc1ccc(-c2cc(NN=N)cc(C(=O)O)c2)nc1. The van der Waals surface area contributed by atoms with Crippen LogP contribution in [0.4, 0.5) is 5.69 Å². The fourth-order valence-corrected chi connectivity index (χ4v) is 1.83. The highest BCUT2D eigenvalue weighted by atomic mass is 16.4. The molecule has 0 radical (unpaired) electrons. The van der Waals surface area contributed by atoms with E-state index in [2.05, 4.69) is 25.7 Å². The Balaban J connectivity index is 2.39. The Labute approximate surface area is 124 Å². The Hall–Kier alpha value is -3.45. The van der Waals surface area contributed by atoms with E-state index in [1.807, 2.05) is 0 Å². The molecule has 0 aliphatic heterocycles. The first kappa shape index (κ1) is 14.9. The Morgan fingerprint density at radius 2 is 2.23 bits per heavy atom. The molecule has 0 saturated heterocycles. The second kappa shape index (κ2) is 6.82. The molecule has 0 aliphatic carbocycles. The topological polar surface area (TPSA) is 147 Å². The van der Waals surface area contributed by atoms with E-state index in [4.69, 9.17) is 16.2 Å². The van der Waals surface area contributed by atoms with Gasteiger partial charge in [0.25, 0.3) is 0 Å². The van der Waals surface area contributed by atoms with Gasteiger partial charge in [-0.05, 0) is 35.4 Å². The summed E-state index contributed by atoms with van der Waals surface area (Å²) in [5.41, 5.74) is 19.8. The van der Waals surface area contributed by atoms with Crippen molar-refractivity contribution in [2.75, 3.05) is 5.43 Å². The van der Waals surface area contributed by atoms with Crippen molar-refractivity contribution < 1.29 is 9.90 Å². The van der Waals surface area contributed by atoms with E-state index in [1.165, 1.54) is 12.1 Å². The fourth-order valence-electron chi connectivity index (χ4n) is 1.83. The van der Waals surface area contributed by atoms with Crippen LogP contribution >= 0.6 is 0 Å². The van der Waals surface area contributed by atoms with E-state index in [0.717, 1.165) is 5.56 Å². The zero-order valence-electron chi connectivity index (χ0n) is 11.3. The third-order valence-electron chi connectivity index (χ3n) is 2.80. The molecule has 0 saturated carbocycles. The summed E-state index contributed by atoms with van der Waals surface area (Å²) >= 11 is 0. The highest BCUT2D eigenvalue weighted by molar-refractivity contribution is 5.91. The van der Waals surface area contributed by atoms with E-state index >= 15 is 0 Å². The zero-order valence-corrected chi connectivity index (χ0v) is 11.3. The van der Waals surface area contributed by atoms with Crippen LogP contribution in [0.1, 0.15) is 15.9 Å². The first-order chi connectivity index (χ1) is 10.6. The molecule has 0 atom stereocenters. The van der Waals surface area contributed by atoms with Gasteiger partial charge in [0.2, 0.25) is 0 Å². The number of nitrogens with zero attached hydrogens (tertiary/aromatic N) is 5. The van der Waals surface area contributed by atoms with E-state index in [9.17, 15) is 4.79 Å². The van der Waals surface area contributed by atoms with Crippen LogP contribution in [-0.2, 0) is 6.54 Å². The molecule has 2 aromatic rings. The Morgan fingerprint density at radius 3 is 2.82 bits per heavy atom. The van der Waals surface area contributed by atoms with Crippen molar-refractivity contribution >= 4 is 11.7 Å². The molecule has 1 heterocycles. The molecular formula is C13H11N7O2. The molecule has 9 heteroatoms. The largest absolute Gasteiger partial charge is 0.478 e. The van der Waals surface area contributed by atoms with Gasteiger partial charge in [0.15, 0.2) is 0 Å². The summed E-state index contributed by atoms with van der Waals surface area (Å²) in [6, 6.07) is 7.93. The number of pyridine rings is 1. The van der Waals surface area contributed by atoms with E-state index in [0.29, 0.717) is 16.9 Å². The fraction of sp³-hybridized carbons (Fsp3) is 0.0769. The number of benzene rings is 1. The highest BCUT2D eigenvalue weighted by Crippen LogP contribution is 2.24. The lowest BCUT2D eigenvalue weighted by atomic mass is 10.1. The van der Waals surface area contributed by atoms with Crippen LogP contribution in [0.15, 0.2) is 46.9 Å². The Morgan fingerprint density at radius 1 is 1.41 bits per heavy atom. The minimum Gasteiger partial charge on any atom is -0.478 e.